The molecule has 2 N–H and O–H groups in total. The van der Waals surface area contributed by atoms with Crippen LogP contribution >= 0.6 is 0 Å². The molecule has 0 saturated carbocycles. The fourth-order valence-corrected chi connectivity index (χ4v) is 2.50. The summed E-state index contributed by atoms with van der Waals surface area (Å²) < 4.78 is 5.32. The number of likely N-dealkylation sites (tertiary alicyclic amines) is 1. The summed E-state index contributed by atoms with van der Waals surface area (Å²) in [7, 11) is 0. The molecule has 0 aromatic rings. The number of nitrogens with one attached hydrogen (secondary N) is 2. The molecule has 0 aromatic heterocycles. The molecule has 118 valence electrons. The van der Waals surface area contributed by atoms with Crippen LogP contribution in [0.1, 0.15) is 40.0 Å². The van der Waals surface area contributed by atoms with Gasteiger partial charge in [-0.25, -0.2) is 0 Å². The quantitative estimate of drug-likeness (QED) is 0.402. The van der Waals surface area contributed by atoms with E-state index < -0.39 is 0 Å². The van der Waals surface area contributed by atoms with E-state index in [1.165, 1.54) is 38.9 Å². The lowest BCUT2D eigenvalue weighted by atomic mass is 10.1. The normalized spacial score (nSPS) is 18.2. The molecule has 0 aromatic carbocycles. The van der Waals surface area contributed by atoms with Gasteiger partial charge in [0.1, 0.15) is 0 Å². The van der Waals surface area contributed by atoms with Crippen LogP contribution in [0.2, 0.25) is 0 Å². The van der Waals surface area contributed by atoms with Gasteiger partial charge in [-0.15, -0.1) is 0 Å². The van der Waals surface area contributed by atoms with Crippen LogP contribution in [0.3, 0.4) is 0 Å². The molecule has 1 heterocycles. The molecule has 5 heteroatoms. The first kappa shape index (κ1) is 17.2. The van der Waals surface area contributed by atoms with Crippen LogP contribution < -0.4 is 10.6 Å². The van der Waals surface area contributed by atoms with Crippen LogP contribution in [0.4, 0.5) is 0 Å². The van der Waals surface area contributed by atoms with Crippen LogP contribution in [0.15, 0.2) is 4.99 Å². The Morgan fingerprint density at radius 1 is 1.25 bits per heavy atom. The predicted octanol–water partition coefficient (Wildman–Crippen LogP) is 1.45. The molecule has 0 unspecified atom stereocenters. The van der Waals surface area contributed by atoms with Gasteiger partial charge in [0.25, 0.3) is 0 Å². The summed E-state index contributed by atoms with van der Waals surface area (Å²) in [5.41, 5.74) is 0. The molecular weight excluding hydrogens is 252 g/mol. The van der Waals surface area contributed by atoms with Crippen molar-refractivity contribution in [2.24, 2.45) is 4.99 Å². The van der Waals surface area contributed by atoms with Crippen LogP contribution in [-0.2, 0) is 4.74 Å². The highest BCUT2D eigenvalue weighted by atomic mass is 16.5. The van der Waals surface area contributed by atoms with E-state index >= 15 is 0 Å². The summed E-state index contributed by atoms with van der Waals surface area (Å²) in [6.07, 6.45) is 3.66. The lowest BCUT2D eigenvalue weighted by Gasteiger charge is -2.32. The summed E-state index contributed by atoms with van der Waals surface area (Å²) in [6.45, 7) is 13.1. The van der Waals surface area contributed by atoms with Gasteiger partial charge >= 0.3 is 0 Å². The number of ether oxygens (including phenoxy) is 1. The summed E-state index contributed by atoms with van der Waals surface area (Å²) in [5, 5.41) is 6.87. The predicted molar refractivity (Wildman–Crippen MR) is 85.4 cm³/mol. The van der Waals surface area contributed by atoms with Crippen molar-refractivity contribution in [2.45, 2.75) is 46.1 Å². The standard InChI is InChI=1S/C15H32N4O/c1-4-10-19-11-7-14(8-12-19)18-15(16-5-2)17-9-13-20-6-3/h14H,4-13H2,1-3H3,(H2,16,17,18). The number of hydrogen-bond donors (Lipinski definition) is 2. The zero-order chi connectivity index (χ0) is 14.6. The van der Waals surface area contributed by atoms with E-state index in [0.29, 0.717) is 12.6 Å². The monoisotopic (exact) mass is 284 g/mol. The minimum Gasteiger partial charge on any atom is -0.380 e. The van der Waals surface area contributed by atoms with E-state index in [1.54, 1.807) is 0 Å². The minimum atomic E-state index is 0.549. The van der Waals surface area contributed by atoms with Crippen molar-refractivity contribution >= 4 is 5.96 Å². The second-order valence-electron chi connectivity index (χ2n) is 5.22. The van der Waals surface area contributed by atoms with Crippen LogP contribution in [0, 0.1) is 0 Å². The van der Waals surface area contributed by atoms with Crippen molar-refractivity contribution in [3.63, 3.8) is 0 Å². The molecule has 1 aliphatic heterocycles. The van der Waals surface area contributed by atoms with E-state index in [0.717, 1.165) is 25.7 Å². The molecule has 0 amide bonds. The molecule has 5 nitrogen and oxygen atoms in total. The van der Waals surface area contributed by atoms with E-state index in [-0.39, 0.29) is 0 Å². The van der Waals surface area contributed by atoms with Crippen LogP contribution in [-0.4, -0.2) is 62.8 Å². The van der Waals surface area contributed by atoms with Gasteiger partial charge in [-0.1, -0.05) is 6.92 Å². The Bertz CT molecular complexity index is 263. The Labute approximate surface area is 124 Å². The van der Waals surface area contributed by atoms with Crippen LogP contribution in [0.25, 0.3) is 0 Å². The molecule has 0 bridgehead atoms. The second-order valence-corrected chi connectivity index (χ2v) is 5.22. The zero-order valence-electron chi connectivity index (χ0n) is 13.5. The fourth-order valence-electron chi connectivity index (χ4n) is 2.50. The third-order valence-corrected chi connectivity index (χ3v) is 3.52. The topological polar surface area (TPSA) is 48.9 Å². The number of guanidine groups is 1. The zero-order valence-corrected chi connectivity index (χ0v) is 13.5. The largest absolute Gasteiger partial charge is 0.380 e. The highest BCUT2D eigenvalue weighted by Gasteiger charge is 2.19. The molecule has 0 atom stereocenters. The summed E-state index contributed by atoms with van der Waals surface area (Å²) in [4.78, 5) is 7.11. The van der Waals surface area contributed by atoms with Crippen molar-refractivity contribution in [1.82, 2.24) is 15.5 Å². The van der Waals surface area contributed by atoms with E-state index in [9.17, 15) is 0 Å². The molecule has 20 heavy (non-hydrogen) atoms. The van der Waals surface area contributed by atoms with Gasteiger partial charge < -0.3 is 20.3 Å². The molecular formula is C15H32N4O. The lowest BCUT2D eigenvalue weighted by molar-refractivity contribution is 0.155. The maximum absolute atomic E-state index is 5.32. The number of hydrogen-bond acceptors (Lipinski definition) is 3. The number of rotatable bonds is 8. The van der Waals surface area contributed by atoms with Gasteiger partial charge in [0, 0.05) is 32.3 Å². The van der Waals surface area contributed by atoms with Gasteiger partial charge in [-0.3, -0.25) is 4.99 Å². The average Bonchev–Trinajstić information content (AvgIpc) is 2.46. The number of nitrogens with zero attached hydrogens (tertiary/aromatic N) is 2. The molecule has 0 aliphatic carbocycles. The Morgan fingerprint density at radius 3 is 2.60 bits per heavy atom. The fraction of sp³-hybridized carbons (Fsp3) is 0.933. The van der Waals surface area contributed by atoms with Gasteiger partial charge in [-0.2, -0.15) is 0 Å². The first-order chi connectivity index (χ1) is 9.80. The minimum absolute atomic E-state index is 0.549. The highest BCUT2D eigenvalue weighted by molar-refractivity contribution is 5.80. The van der Waals surface area contributed by atoms with Crippen molar-refractivity contribution in [3.8, 4) is 0 Å². The Balaban J connectivity index is 2.30. The van der Waals surface area contributed by atoms with E-state index in [1.807, 2.05) is 6.92 Å². The highest BCUT2D eigenvalue weighted by Crippen LogP contribution is 2.10. The van der Waals surface area contributed by atoms with Gasteiger partial charge in [0.2, 0.25) is 0 Å². The third kappa shape index (κ3) is 7.10. The number of piperidine rings is 1. The molecule has 1 fully saturated rings. The average molecular weight is 284 g/mol. The smallest absolute Gasteiger partial charge is 0.191 e. The summed E-state index contributed by atoms with van der Waals surface area (Å²) in [5.74, 6) is 0.932. The van der Waals surface area contributed by atoms with Crippen molar-refractivity contribution in [1.29, 1.82) is 0 Å². The molecule has 0 radical (unpaired) electrons. The number of aliphatic imine (C=N–C) groups is 1. The first-order valence-corrected chi connectivity index (χ1v) is 8.15. The Morgan fingerprint density at radius 2 is 2.00 bits per heavy atom. The molecule has 0 spiro atoms. The maximum atomic E-state index is 5.32. The maximum Gasteiger partial charge on any atom is 0.191 e. The third-order valence-electron chi connectivity index (χ3n) is 3.52. The van der Waals surface area contributed by atoms with Gasteiger partial charge in [0.05, 0.1) is 13.2 Å². The molecule has 1 rings (SSSR count). The summed E-state index contributed by atoms with van der Waals surface area (Å²) in [6, 6.07) is 0.549. The van der Waals surface area contributed by atoms with Crippen molar-refractivity contribution in [3.05, 3.63) is 0 Å². The van der Waals surface area contributed by atoms with E-state index in [2.05, 4.69) is 34.4 Å². The van der Waals surface area contributed by atoms with Crippen molar-refractivity contribution in [2.75, 3.05) is 45.9 Å². The Hall–Kier alpha value is -0.810. The van der Waals surface area contributed by atoms with Crippen LogP contribution in [0.5, 0.6) is 0 Å². The second kappa shape index (κ2) is 10.9. The SMILES string of the molecule is CCCN1CCC(NC(=NCCOCC)NCC)CC1. The first-order valence-electron chi connectivity index (χ1n) is 8.15. The van der Waals surface area contributed by atoms with Gasteiger partial charge in [0.15, 0.2) is 5.96 Å². The van der Waals surface area contributed by atoms with Crippen molar-refractivity contribution < 1.29 is 4.74 Å². The Kier molecular flexibility index (Phi) is 9.41. The lowest BCUT2D eigenvalue weighted by Crippen LogP contribution is -2.48. The van der Waals surface area contributed by atoms with E-state index in [4.69, 9.17) is 4.74 Å². The molecule has 1 aliphatic rings. The van der Waals surface area contributed by atoms with Gasteiger partial charge in [-0.05, 0) is 39.7 Å². The summed E-state index contributed by atoms with van der Waals surface area (Å²) >= 11 is 0. The molecule has 1 saturated heterocycles.